The zero-order valence-corrected chi connectivity index (χ0v) is 13.6. The second kappa shape index (κ2) is 7.24. The molecular weight excluding hydrogens is 302 g/mol. The quantitative estimate of drug-likeness (QED) is 0.815. The van der Waals surface area contributed by atoms with Gasteiger partial charge in [0.15, 0.2) is 4.34 Å². The van der Waals surface area contributed by atoms with Crippen LogP contribution in [0.1, 0.15) is 30.6 Å². The van der Waals surface area contributed by atoms with Crippen molar-refractivity contribution in [3.63, 3.8) is 0 Å². The maximum absolute atomic E-state index is 5.59. The number of benzene rings is 1. The molecule has 1 fully saturated rings. The van der Waals surface area contributed by atoms with Crippen molar-refractivity contribution < 1.29 is 4.74 Å². The smallest absolute Gasteiger partial charge is 0.206 e. The number of hydrogen-bond donors (Lipinski definition) is 1. The van der Waals surface area contributed by atoms with Crippen molar-refractivity contribution in [3.8, 4) is 0 Å². The van der Waals surface area contributed by atoms with Crippen LogP contribution in [0.5, 0.6) is 0 Å². The average Bonchev–Trinajstić information content (AvgIpc) is 3.17. The Morgan fingerprint density at radius 1 is 1.38 bits per heavy atom. The minimum absolute atomic E-state index is 0.327. The summed E-state index contributed by atoms with van der Waals surface area (Å²) < 4.78 is 6.59. The lowest BCUT2D eigenvalue weighted by atomic mass is 10.2. The van der Waals surface area contributed by atoms with Crippen LogP contribution in [-0.4, -0.2) is 29.5 Å². The van der Waals surface area contributed by atoms with Crippen molar-refractivity contribution in [3.05, 3.63) is 35.9 Å². The first kappa shape index (κ1) is 14.8. The number of rotatable bonds is 6. The van der Waals surface area contributed by atoms with Crippen LogP contribution in [-0.2, 0) is 4.74 Å². The van der Waals surface area contributed by atoms with Crippen LogP contribution in [0.25, 0.3) is 0 Å². The number of aromatic nitrogens is 2. The van der Waals surface area contributed by atoms with Crippen molar-refractivity contribution in [2.24, 2.45) is 0 Å². The summed E-state index contributed by atoms with van der Waals surface area (Å²) in [6, 6.07) is 10.5. The van der Waals surface area contributed by atoms with Gasteiger partial charge in [-0.3, -0.25) is 0 Å². The van der Waals surface area contributed by atoms with E-state index in [2.05, 4.69) is 46.7 Å². The summed E-state index contributed by atoms with van der Waals surface area (Å²) in [5, 5.41) is 13.0. The number of thioether (sulfide) groups is 1. The van der Waals surface area contributed by atoms with E-state index < -0.39 is 0 Å². The third kappa shape index (κ3) is 4.18. The van der Waals surface area contributed by atoms with Crippen LogP contribution < -0.4 is 5.32 Å². The molecular formula is C15H19N3OS2. The van der Waals surface area contributed by atoms with Crippen molar-refractivity contribution in [2.75, 3.05) is 18.5 Å². The molecule has 1 aliphatic rings. The zero-order chi connectivity index (χ0) is 14.5. The predicted molar refractivity (Wildman–Crippen MR) is 88.1 cm³/mol. The molecule has 4 nitrogen and oxygen atoms in total. The number of anilines is 1. The lowest BCUT2D eigenvalue weighted by Gasteiger charge is -2.09. The summed E-state index contributed by atoms with van der Waals surface area (Å²) in [6.45, 7) is 3.91. The predicted octanol–water partition coefficient (Wildman–Crippen LogP) is 3.98. The monoisotopic (exact) mass is 321 g/mol. The molecule has 1 N–H and O–H groups in total. The maximum Gasteiger partial charge on any atom is 0.206 e. The Labute approximate surface area is 133 Å². The molecule has 2 heterocycles. The molecule has 21 heavy (non-hydrogen) atoms. The molecule has 2 atom stereocenters. The standard InChI is InChI=1S/C15H19N3OS2/c1-11(12-6-3-2-4-7-12)20-15-18-17-14(21-15)16-10-13-8-5-9-19-13/h2-4,6-7,11,13H,5,8-10H2,1H3,(H,16,17). The van der Waals surface area contributed by atoms with Crippen LogP contribution >= 0.6 is 23.1 Å². The van der Waals surface area contributed by atoms with Gasteiger partial charge in [-0.15, -0.1) is 10.2 Å². The minimum Gasteiger partial charge on any atom is -0.376 e. The van der Waals surface area contributed by atoms with Crippen molar-refractivity contribution >= 4 is 28.2 Å². The Morgan fingerprint density at radius 3 is 3.00 bits per heavy atom. The molecule has 0 spiro atoms. The van der Waals surface area contributed by atoms with Crippen LogP contribution in [0.4, 0.5) is 5.13 Å². The molecule has 2 aromatic rings. The molecule has 0 amide bonds. The number of nitrogens with one attached hydrogen (secondary N) is 1. The van der Waals surface area contributed by atoms with Gasteiger partial charge in [-0.05, 0) is 25.3 Å². The maximum atomic E-state index is 5.59. The fourth-order valence-electron chi connectivity index (χ4n) is 2.28. The number of nitrogens with zero attached hydrogens (tertiary/aromatic N) is 2. The van der Waals surface area contributed by atoms with Gasteiger partial charge in [0.05, 0.1) is 6.10 Å². The molecule has 0 saturated carbocycles. The van der Waals surface area contributed by atoms with Gasteiger partial charge in [-0.2, -0.15) is 0 Å². The molecule has 112 valence electrons. The largest absolute Gasteiger partial charge is 0.376 e. The van der Waals surface area contributed by atoms with Gasteiger partial charge in [0.2, 0.25) is 5.13 Å². The Kier molecular flexibility index (Phi) is 5.11. The lowest BCUT2D eigenvalue weighted by molar-refractivity contribution is 0.120. The highest BCUT2D eigenvalue weighted by Gasteiger charge is 2.16. The minimum atomic E-state index is 0.327. The van der Waals surface area contributed by atoms with E-state index in [0.717, 1.165) is 35.5 Å². The summed E-state index contributed by atoms with van der Waals surface area (Å²) in [6.07, 6.45) is 2.63. The van der Waals surface area contributed by atoms with E-state index in [4.69, 9.17) is 4.74 Å². The van der Waals surface area contributed by atoms with E-state index in [-0.39, 0.29) is 0 Å². The molecule has 1 saturated heterocycles. The first-order valence-corrected chi connectivity index (χ1v) is 8.91. The molecule has 3 rings (SSSR count). The normalized spacial score (nSPS) is 19.6. The Balaban J connectivity index is 1.52. The first-order chi connectivity index (χ1) is 10.3. The van der Waals surface area contributed by atoms with Gasteiger partial charge in [0, 0.05) is 18.4 Å². The van der Waals surface area contributed by atoms with E-state index in [0.29, 0.717) is 11.4 Å². The van der Waals surface area contributed by atoms with Crippen LogP contribution in [0.2, 0.25) is 0 Å². The van der Waals surface area contributed by atoms with Crippen molar-refractivity contribution in [2.45, 2.75) is 35.5 Å². The highest BCUT2D eigenvalue weighted by Crippen LogP contribution is 2.37. The third-order valence-electron chi connectivity index (χ3n) is 3.46. The Hall–Kier alpha value is -1.11. The summed E-state index contributed by atoms with van der Waals surface area (Å²) >= 11 is 3.36. The van der Waals surface area contributed by atoms with Crippen LogP contribution in [0.15, 0.2) is 34.7 Å². The summed E-state index contributed by atoms with van der Waals surface area (Å²) in [5.41, 5.74) is 1.31. The highest BCUT2D eigenvalue weighted by molar-refractivity contribution is 8.01. The number of hydrogen-bond acceptors (Lipinski definition) is 6. The van der Waals surface area contributed by atoms with Gasteiger partial charge in [0.1, 0.15) is 0 Å². The molecule has 1 aromatic heterocycles. The Morgan fingerprint density at radius 2 is 2.24 bits per heavy atom. The van der Waals surface area contributed by atoms with Crippen molar-refractivity contribution in [1.29, 1.82) is 0 Å². The van der Waals surface area contributed by atoms with Crippen LogP contribution in [0.3, 0.4) is 0 Å². The van der Waals surface area contributed by atoms with Gasteiger partial charge < -0.3 is 10.1 Å². The van der Waals surface area contributed by atoms with E-state index in [1.807, 2.05) is 6.07 Å². The molecule has 1 aliphatic heterocycles. The first-order valence-electron chi connectivity index (χ1n) is 7.22. The second-order valence-electron chi connectivity index (χ2n) is 5.06. The fraction of sp³-hybridized carbons (Fsp3) is 0.467. The number of ether oxygens (including phenoxy) is 1. The molecule has 6 heteroatoms. The molecule has 0 bridgehead atoms. The summed E-state index contributed by atoms with van der Waals surface area (Å²) in [5.74, 6) is 0. The molecule has 1 aromatic carbocycles. The summed E-state index contributed by atoms with van der Waals surface area (Å²) in [7, 11) is 0. The van der Waals surface area contributed by atoms with Gasteiger partial charge in [0.25, 0.3) is 0 Å². The van der Waals surface area contributed by atoms with Gasteiger partial charge in [-0.25, -0.2) is 0 Å². The Bertz CT molecular complexity index is 555. The summed E-state index contributed by atoms with van der Waals surface area (Å²) in [4.78, 5) is 0. The highest BCUT2D eigenvalue weighted by atomic mass is 32.2. The van der Waals surface area contributed by atoms with E-state index in [1.54, 1.807) is 23.1 Å². The third-order valence-corrected chi connectivity index (χ3v) is 5.58. The van der Waals surface area contributed by atoms with E-state index in [1.165, 1.54) is 5.56 Å². The van der Waals surface area contributed by atoms with Crippen molar-refractivity contribution in [1.82, 2.24) is 10.2 Å². The van der Waals surface area contributed by atoms with Crippen LogP contribution in [0, 0.1) is 0 Å². The molecule has 0 aliphatic carbocycles. The molecule has 2 unspecified atom stereocenters. The van der Waals surface area contributed by atoms with E-state index in [9.17, 15) is 0 Å². The lowest BCUT2D eigenvalue weighted by Crippen LogP contribution is -2.18. The van der Waals surface area contributed by atoms with Gasteiger partial charge in [-0.1, -0.05) is 53.4 Å². The molecule has 0 radical (unpaired) electrons. The SMILES string of the molecule is CC(Sc1nnc(NCC2CCCO2)s1)c1ccccc1. The van der Waals surface area contributed by atoms with Gasteiger partial charge >= 0.3 is 0 Å². The second-order valence-corrected chi connectivity index (χ2v) is 7.63. The van der Waals surface area contributed by atoms with E-state index >= 15 is 0 Å². The topological polar surface area (TPSA) is 47.0 Å². The zero-order valence-electron chi connectivity index (χ0n) is 12.0. The fourth-order valence-corrected chi connectivity index (χ4v) is 4.31. The average molecular weight is 321 g/mol.